The van der Waals surface area contributed by atoms with Crippen LogP contribution < -0.4 is 35.3 Å². The van der Waals surface area contributed by atoms with Crippen LogP contribution >= 0.6 is 0 Å². The molecule has 29 nitrogen and oxygen atoms in total. The second-order valence-electron chi connectivity index (χ2n) is 42.6. The van der Waals surface area contributed by atoms with Gasteiger partial charge in [0.25, 0.3) is 0 Å². The molecule has 3 aromatic rings. The van der Waals surface area contributed by atoms with E-state index in [2.05, 4.69) is 250 Å². The summed E-state index contributed by atoms with van der Waals surface area (Å²) in [6.45, 7) is 70.5. The van der Waals surface area contributed by atoms with Gasteiger partial charge in [-0.25, -0.2) is 0 Å². The van der Waals surface area contributed by atoms with Crippen molar-refractivity contribution in [2.45, 2.75) is 359 Å². The molecular formula is C102H166BNNaO28Si4. The molecule has 9 rings (SSSR count). The summed E-state index contributed by atoms with van der Waals surface area (Å²) < 4.78 is 44.9. The van der Waals surface area contributed by atoms with Crippen LogP contribution in [0.15, 0.2) is 54.6 Å². The maximum absolute atomic E-state index is 12.9. The molecule has 0 bridgehead atoms. The van der Waals surface area contributed by atoms with Crippen molar-refractivity contribution in [3.63, 3.8) is 0 Å². The summed E-state index contributed by atoms with van der Waals surface area (Å²) in [6.07, 6.45) is 12.9. The van der Waals surface area contributed by atoms with Crippen LogP contribution in [0.3, 0.4) is 0 Å². The van der Waals surface area contributed by atoms with Gasteiger partial charge in [-0.2, -0.15) is 57.5 Å². The molecule has 0 aromatic heterocycles. The summed E-state index contributed by atoms with van der Waals surface area (Å²) in [5.41, 5.74) is 16.2. The van der Waals surface area contributed by atoms with Crippen LogP contribution in [-0.2, 0) is 141 Å². The molecule has 0 heterocycles. The largest absolute Gasteiger partial charge is 1.00 e. The Labute approximate surface area is 847 Å². The van der Waals surface area contributed by atoms with Gasteiger partial charge in [0.2, 0.25) is 0 Å². The maximum atomic E-state index is 12.9. The van der Waals surface area contributed by atoms with E-state index in [1.807, 2.05) is 32.9 Å². The number of aliphatic hydroxyl groups excluding tert-OH is 1. The summed E-state index contributed by atoms with van der Waals surface area (Å²) in [7, 11) is -1.30. The summed E-state index contributed by atoms with van der Waals surface area (Å²) in [4.78, 5) is 180. The predicted molar refractivity (Wildman–Crippen MR) is 525 cm³/mol. The molecule has 767 valence electrons. The first-order valence-electron chi connectivity index (χ1n) is 46.1. The van der Waals surface area contributed by atoms with E-state index in [1.165, 1.54) is 67.4 Å². The first-order valence-corrected chi connectivity index (χ1v) is 57.8. The third kappa shape index (κ3) is 51.6. The monoisotopic (exact) mass is 2000 g/mol. The Bertz CT molecular complexity index is 4120. The predicted octanol–water partition coefficient (Wildman–Crippen LogP) is 15.4. The van der Waals surface area contributed by atoms with Crippen LogP contribution in [0.4, 0.5) is 5.69 Å². The summed E-state index contributed by atoms with van der Waals surface area (Å²) in [5, 5.41) is 10.1. The van der Waals surface area contributed by atoms with Gasteiger partial charge in [-0.05, 0) is 248 Å². The Morgan fingerprint density at radius 3 is 0.774 bits per heavy atom. The van der Waals surface area contributed by atoms with Crippen molar-refractivity contribution in [1.29, 1.82) is 0 Å². The number of esters is 4. The zero-order valence-corrected chi connectivity index (χ0v) is 95.5. The van der Waals surface area contributed by atoms with Crippen molar-refractivity contribution in [1.82, 2.24) is 0 Å². The number of methoxy groups -OCH3 is 4. The average Bonchev–Trinajstić information content (AvgIpc) is 1.19. The normalized spacial score (nSPS) is 23.1. The van der Waals surface area contributed by atoms with E-state index in [0.29, 0.717) is 67.3 Å². The average molecular weight is 2000 g/mol. The number of anilines is 1. The first kappa shape index (κ1) is 140. The minimum Gasteiger partial charge on any atom is -1.00 e. The third-order valence-corrected chi connectivity index (χ3v) is 46.1. The van der Waals surface area contributed by atoms with Gasteiger partial charge in [-0.1, -0.05) is 190 Å². The van der Waals surface area contributed by atoms with E-state index in [9.17, 15) is 38.7 Å². The van der Waals surface area contributed by atoms with Crippen LogP contribution in [-0.4, -0.2) is 184 Å². The molecule has 3 N–H and O–H groups in total. The van der Waals surface area contributed by atoms with Gasteiger partial charge in [0.05, 0.1) is 58.2 Å². The topological polar surface area (TPSA) is 444 Å². The molecule has 137 heavy (non-hydrogen) atoms. The van der Waals surface area contributed by atoms with Crippen molar-refractivity contribution < 1.29 is 164 Å². The molecular weight excluding hydrogens is 1830 g/mol. The van der Waals surface area contributed by atoms with E-state index in [4.69, 9.17) is 90.4 Å². The Morgan fingerprint density at radius 1 is 0.350 bits per heavy atom. The Hall–Kier alpha value is -7.64. The molecule has 0 aliphatic heterocycles. The van der Waals surface area contributed by atoms with Gasteiger partial charge >= 0.3 is 90.3 Å². The van der Waals surface area contributed by atoms with Crippen LogP contribution in [0.1, 0.15) is 248 Å². The van der Waals surface area contributed by atoms with Crippen LogP contribution in [0.2, 0.25) is 72.5 Å². The van der Waals surface area contributed by atoms with Crippen molar-refractivity contribution in [2.75, 3.05) is 34.2 Å². The van der Waals surface area contributed by atoms with Crippen molar-refractivity contribution in [3.8, 4) is 0 Å². The number of rotatable bonds is 18. The SMILES string of the molecule is COC(=O)[C@H]1CC(=O)C[C@@H]1C.COC(=O)[C@H]1CC(O)C[C@@H]1C.COC(=O)[C@H]1CC(O[Si](C)(C)C(C)(C)C)C[C@@H]1C.COC(=O)[C@H]1CC(O[Si](C)(C)C(C)(C)C)C[C@@H]1C.Cc1ccc(CC(=O)[C@H]2C[C@@H](O[Si](C)(C)C(C)(C)C)C[C@@H]2C)c(C)c1.Cc1ccc(CC(=O)[C@H]2C[C@H](O[Si](C)(C)C(C)(C)C)C[C@@H]2C)c(C)c1.Cc1ccc(N)c(C)c1.O=C=O.O=C=O.O=C=O.O=C=O.O=C=O.O=C=O.[B].[H-].[Na+]. The summed E-state index contributed by atoms with van der Waals surface area (Å²) >= 11 is 0. The number of benzene rings is 3. The number of Topliss-reactive ketones (excluding diaryl/α,β-unsaturated/α-hetero) is 3. The number of hydrogen-bond donors (Lipinski definition) is 2. The molecule has 0 spiro atoms. The number of aliphatic hydroxyl groups is 1. The van der Waals surface area contributed by atoms with Gasteiger partial charge < -0.3 is 48.9 Å². The number of nitrogen functional groups attached to an aromatic ring is 1. The molecule has 0 amide bonds. The zero-order chi connectivity index (χ0) is 106. The molecule has 6 saturated carbocycles. The van der Waals surface area contributed by atoms with Crippen molar-refractivity contribution in [3.05, 3.63) is 99.1 Å². The van der Waals surface area contributed by atoms with Crippen molar-refractivity contribution >= 4 is 126 Å². The second-order valence-corrected chi connectivity index (χ2v) is 61.6. The molecule has 6 aliphatic rings. The van der Waals surface area contributed by atoms with E-state index in [-0.39, 0.29) is 204 Å². The maximum Gasteiger partial charge on any atom is 1.00 e. The number of carbonyl (C=O) groups is 7. The minimum absolute atomic E-state index is 0. The molecule has 3 aromatic carbocycles. The molecule has 6 fully saturated rings. The smallest absolute Gasteiger partial charge is 1.00 e. The number of ether oxygens (including phenoxy) is 4. The standard InChI is InChI=1S/2C22H36O2Si.2C14H28O3Si.C8H11N.C8H14O3.C8H12O3.6CO2.B.Na.H/c2*1-15-9-10-18(16(2)11-15)13-21(23)20-14-19(12-17(20)3)24-25(7,8)22(4,5)6;2*1-10-8-11(9-12(10)13(15)16-5)17-18(6,7)14(2,3)4;1-6-3-4-8(9)7(2)5-6;2*1-5-3-6(9)4-7(5)8(10)11-2;6*2-1-3;;;/h2*9-11,17,19-20H,12-14H2,1-8H3;2*10-12H,8-9H2,1-7H3;3-5H,9H2,1-2H3;5-7,9H,3-4H2,1-2H3;5,7H,3-4H2,1-2H3;;;;;;;;;/q;;;;;;;;;;;;;;+1;-1/t17-,19+,20-;17-,19-,20-;2*10-,11?,12-;;5-,6?,7-;5-,7-;;;;;;;;;/m0000.00........./s1. The number of nitrogens with two attached hydrogens (primary N) is 1. The number of carbonyl (C=O) groups excluding carboxylic acids is 19. The van der Waals surface area contributed by atoms with E-state index >= 15 is 0 Å². The third-order valence-electron chi connectivity index (χ3n) is 28.0. The Kier molecular flexibility index (Phi) is 68.4. The van der Waals surface area contributed by atoms with Gasteiger partial charge in [0, 0.05) is 76.0 Å². The fraction of sp³-hybridized carbons (Fsp3) is 0.696. The quantitative estimate of drug-likeness (QED) is 0.0517. The minimum atomic E-state index is -1.76. The van der Waals surface area contributed by atoms with Gasteiger partial charge in [-0.15, -0.1) is 0 Å². The van der Waals surface area contributed by atoms with Crippen LogP contribution in [0.25, 0.3) is 0 Å². The zero-order valence-electron chi connectivity index (χ0n) is 90.5. The van der Waals surface area contributed by atoms with Crippen LogP contribution in [0, 0.1) is 113 Å². The molecule has 17 atom stereocenters. The molecule has 3 unspecified atom stereocenters. The summed E-state index contributed by atoms with van der Waals surface area (Å²) in [6, 6.07) is 18.8. The van der Waals surface area contributed by atoms with E-state index < -0.39 is 33.3 Å². The molecule has 6 aliphatic carbocycles. The molecule has 35 heteroatoms. The van der Waals surface area contributed by atoms with Gasteiger partial charge in [-0.3, -0.25) is 33.6 Å². The Morgan fingerprint density at radius 2 is 0.569 bits per heavy atom. The molecule has 3 radical (unpaired) electrons. The number of aryl methyl sites for hydroxylation is 6. The number of hydrogen-bond acceptors (Lipinski definition) is 29. The van der Waals surface area contributed by atoms with Gasteiger partial charge in [0.1, 0.15) is 17.3 Å². The fourth-order valence-electron chi connectivity index (χ4n) is 16.1. The summed E-state index contributed by atoms with van der Waals surface area (Å²) in [5.74, 6) is 2.43. The molecule has 0 saturated heterocycles. The first-order chi connectivity index (χ1) is 61.9. The Balaban J connectivity index is -0.000000286. The fourth-order valence-corrected chi connectivity index (χ4v) is 21.6. The number of ketones is 3. The van der Waals surface area contributed by atoms with Crippen molar-refractivity contribution in [2.24, 2.45) is 71.0 Å². The second kappa shape index (κ2) is 66.9. The van der Waals surface area contributed by atoms with E-state index in [0.717, 1.165) is 69.0 Å². The van der Waals surface area contributed by atoms with Crippen LogP contribution in [0.5, 0.6) is 0 Å². The van der Waals surface area contributed by atoms with Gasteiger partial charge in [0.15, 0.2) is 33.3 Å². The van der Waals surface area contributed by atoms with E-state index in [1.54, 1.807) is 0 Å².